The van der Waals surface area contributed by atoms with Gasteiger partial charge in [-0.1, -0.05) is 18.5 Å². The Morgan fingerprint density at radius 1 is 1.18 bits per heavy atom. The zero-order valence-electron chi connectivity index (χ0n) is 15.4. The van der Waals surface area contributed by atoms with Crippen LogP contribution in [0.25, 0.3) is 0 Å². The van der Waals surface area contributed by atoms with E-state index in [4.69, 9.17) is 21.1 Å². The second kappa shape index (κ2) is 8.10. The molecule has 2 aromatic carbocycles. The molecule has 1 atom stereocenters. The summed E-state index contributed by atoms with van der Waals surface area (Å²) in [5.74, 6) is 0.946. The highest BCUT2D eigenvalue weighted by atomic mass is 35.5. The Balaban J connectivity index is 1.96. The predicted octanol–water partition coefficient (Wildman–Crippen LogP) is 3.84. The zero-order valence-corrected chi connectivity index (χ0v) is 17.8. The average Bonchev–Trinajstić information content (AvgIpc) is 2.80. The summed E-state index contributed by atoms with van der Waals surface area (Å²) in [5, 5.41) is 3.02. The number of fused-ring (bicyclic) bond motifs is 1. The van der Waals surface area contributed by atoms with Gasteiger partial charge in [-0.25, -0.2) is 8.42 Å². The third kappa shape index (κ3) is 4.16. The lowest BCUT2D eigenvalue weighted by Crippen LogP contribution is -2.20. The van der Waals surface area contributed by atoms with Crippen LogP contribution in [0, 0.1) is 5.92 Å². The van der Waals surface area contributed by atoms with Gasteiger partial charge in [0.2, 0.25) is 5.91 Å². The SMILES string of the molecule is COc1cc(OC)c(NS(=O)(=O)c2ccc3c(c2)NC(=O)[C@@H](C)CS3)cc1Cl. The van der Waals surface area contributed by atoms with Gasteiger partial charge in [0.15, 0.2) is 0 Å². The smallest absolute Gasteiger partial charge is 0.262 e. The lowest BCUT2D eigenvalue weighted by molar-refractivity contribution is -0.118. The number of hydrogen-bond donors (Lipinski definition) is 2. The Morgan fingerprint density at radius 2 is 1.89 bits per heavy atom. The molecule has 0 bridgehead atoms. The summed E-state index contributed by atoms with van der Waals surface area (Å²) in [4.78, 5) is 12.9. The number of amides is 1. The van der Waals surface area contributed by atoms with Crippen LogP contribution in [-0.2, 0) is 14.8 Å². The summed E-state index contributed by atoms with van der Waals surface area (Å²) in [6.45, 7) is 1.83. The van der Waals surface area contributed by atoms with E-state index in [9.17, 15) is 13.2 Å². The number of anilines is 2. The van der Waals surface area contributed by atoms with Crippen molar-refractivity contribution in [2.24, 2.45) is 5.92 Å². The molecule has 0 fully saturated rings. The number of sulfonamides is 1. The highest BCUT2D eigenvalue weighted by molar-refractivity contribution is 7.99. The molecule has 1 aliphatic rings. The van der Waals surface area contributed by atoms with Gasteiger partial charge >= 0.3 is 0 Å². The first-order chi connectivity index (χ1) is 13.2. The molecule has 0 aliphatic carbocycles. The molecule has 0 unspecified atom stereocenters. The molecule has 7 nitrogen and oxygen atoms in total. The number of benzene rings is 2. The molecule has 3 rings (SSSR count). The maximum absolute atomic E-state index is 12.9. The van der Waals surface area contributed by atoms with Gasteiger partial charge in [-0.15, -0.1) is 11.8 Å². The van der Waals surface area contributed by atoms with E-state index >= 15 is 0 Å². The quantitative estimate of drug-likeness (QED) is 0.730. The molecule has 0 radical (unpaired) electrons. The number of thioether (sulfide) groups is 1. The van der Waals surface area contributed by atoms with Gasteiger partial charge in [-0.2, -0.15) is 0 Å². The molecule has 1 amide bonds. The standard InChI is InChI=1S/C18H19ClN2O5S2/c1-10-9-27-17-5-4-11(6-14(17)20-18(10)22)28(23,24)21-13-7-12(19)15(25-2)8-16(13)26-3/h4-8,10,21H,9H2,1-3H3,(H,20,22)/t10-/m0/s1. The Hall–Kier alpha value is -2.10. The van der Waals surface area contributed by atoms with Crippen LogP contribution < -0.4 is 19.5 Å². The number of carbonyl (C=O) groups is 1. The number of nitrogens with one attached hydrogen (secondary N) is 2. The van der Waals surface area contributed by atoms with Crippen LogP contribution in [0.3, 0.4) is 0 Å². The van der Waals surface area contributed by atoms with Crippen molar-refractivity contribution in [2.45, 2.75) is 16.7 Å². The first-order valence-electron chi connectivity index (χ1n) is 8.27. The van der Waals surface area contributed by atoms with E-state index in [1.807, 2.05) is 6.92 Å². The van der Waals surface area contributed by atoms with Crippen LogP contribution in [0.2, 0.25) is 5.02 Å². The molecule has 1 heterocycles. The molecule has 28 heavy (non-hydrogen) atoms. The lowest BCUT2D eigenvalue weighted by atomic mass is 10.2. The number of rotatable bonds is 5. The molecular weight excluding hydrogens is 424 g/mol. The zero-order chi connectivity index (χ0) is 20.5. The minimum atomic E-state index is -3.95. The Morgan fingerprint density at radius 3 is 2.57 bits per heavy atom. The Labute approximate surface area is 172 Å². The third-order valence-corrected chi connectivity index (χ3v) is 7.17. The van der Waals surface area contributed by atoms with Crippen molar-refractivity contribution >= 4 is 50.7 Å². The molecule has 1 aliphatic heterocycles. The van der Waals surface area contributed by atoms with E-state index in [1.54, 1.807) is 6.07 Å². The van der Waals surface area contributed by atoms with E-state index in [0.29, 0.717) is 17.2 Å². The lowest BCUT2D eigenvalue weighted by Gasteiger charge is -2.15. The van der Waals surface area contributed by atoms with Gasteiger partial charge in [0, 0.05) is 22.6 Å². The first-order valence-corrected chi connectivity index (χ1v) is 11.1. The second-order valence-corrected chi connectivity index (χ2v) is 9.30. The maximum Gasteiger partial charge on any atom is 0.262 e. The highest BCUT2D eigenvalue weighted by Crippen LogP contribution is 2.38. The average molecular weight is 443 g/mol. The van der Waals surface area contributed by atoms with Crippen LogP contribution in [-0.4, -0.2) is 34.3 Å². The van der Waals surface area contributed by atoms with Crippen LogP contribution >= 0.6 is 23.4 Å². The second-order valence-electron chi connectivity index (χ2n) is 6.15. The molecule has 10 heteroatoms. The normalized spacial score (nSPS) is 16.6. The molecule has 150 valence electrons. The maximum atomic E-state index is 12.9. The summed E-state index contributed by atoms with van der Waals surface area (Å²) in [6, 6.07) is 7.53. The number of hydrogen-bond acceptors (Lipinski definition) is 6. The van der Waals surface area contributed by atoms with E-state index in [1.165, 1.54) is 50.2 Å². The van der Waals surface area contributed by atoms with Crippen molar-refractivity contribution in [2.75, 3.05) is 30.0 Å². The molecule has 0 spiro atoms. The number of halogens is 1. The van der Waals surface area contributed by atoms with E-state index < -0.39 is 10.0 Å². The fourth-order valence-electron chi connectivity index (χ4n) is 2.59. The van der Waals surface area contributed by atoms with Crippen LogP contribution in [0.1, 0.15) is 6.92 Å². The monoisotopic (exact) mass is 442 g/mol. The predicted molar refractivity (Wildman–Crippen MR) is 110 cm³/mol. The van der Waals surface area contributed by atoms with Gasteiger partial charge in [0.1, 0.15) is 11.5 Å². The fourth-order valence-corrected chi connectivity index (χ4v) is 4.93. The van der Waals surface area contributed by atoms with E-state index in [2.05, 4.69) is 10.0 Å². The minimum absolute atomic E-state index is 0.00990. The Bertz CT molecular complexity index is 1030. The molecule has 0 aromatic heterocycles. The molecule has 2 aromatic rings. The minimum Gasteiger partial charge on any atom is -0.495 e. The van der Waals surface area contributed by atoms with Gasteiger partial charge < -0.3 is 14.8 Å². The number of carbonyl (C=O) groups excluding carboxylic acids is 1. The van der Waals surface area contributed by atoms with Crippen LogP contribution in [0.5, 0.6) is 11.5 Å². The summed E-state index contributed by atoms with van der Waals surface area (Å²) >= 11 is 7.62. The van der Waals surface area contributed by atoms with Crippen molar-refractivity contribution in [1.29, 1.82) is 0 Å². The number of ether oxygens (including phenoxy) is 2. The van der Waals surface area contributed by atoms with Gasteiger partial charge in [0.05, 0.1) is 35.5 Å². The third-order valence-electron chi connectivity index (χ3n) is 4.17. The van der Waals surface area contributed by atoms with Crippen molar-refractivity contribution in [3.8, 4) is 11.5 Å². The van der Waals surface area contributed by atoms with Gasteiger partial charge in [-0.3, -0.25) is 9.52 Å². The van der Waals surface area contributed by atoms with E-state index in [0.717, 1.165) is 4.90 Å². The first kappa shape index (κ1) is 20.6. The molecular formula is C18H19ClN2O5S2. The molecule has 2 N–H and O–H groups in total. The van der Waals surface area contributed by atoms with E-state index in [-0.39, 0.29) is 33.2 Å². The molecule has 0 saturated heterocycles. The topological polar surface area (TPSA) is 93.7 Å². The van der Waals surface area contributed by atoms with Crippen molar-refractivity contribution in [3.05, 3.63) is 35.4 Å². The van der Waals surface area contributed by atoms with Gasteiger partial charge in [0.25, 0.3) is 10.0 Å². The summed E-state index contributed by atoms with van der Waals surface area (Å²) in [6.07, 6.45) is 0. The van der Waals surface area contributed by atoms with Crippen molar-refractivity contribution in [1.82, 2.24) is 0 Å². The largest absolute Gasteiger partial charge is 0.495 e. The Kier molecular flexibility index (Phi) is 5.97. The summed E-state index contributed by atoms with van der Waals surface area (Å²) in [7, 11) is -1.08. The molecule has 0 saturated carbocycles. The fraction of sp³-hybridized carbons (Fsp3) is 0.278. The van der Waals surface area contributed by atoms with Crippen molar-refractivity contribution in [3.63, 3.8) is 0 Å². The van der Waals surface area contributed by atoms with Crippen molar-refractivity contribution < 1.29 is 22.7 Å². The number of methoxy groups -OCH3 is 2. The highest BCUT2D eigenvalue weighted by Gasteiger charge is 2.24. The van der Waals surface area contributed by atoms with Crippen LogP contribution in [0.15, 0.2) is 40.1 Å². The summed E-state index contributed by atoms with van der Waals surface area (Å²) < 4.78 is 38.6. The summed E-state index contributed by atoms with van der Waals surface area (Å²) in [5.41, 5.74) is 0.650. The van der Waals surface area contributed by atoms with Crippen LogP contribution in [0.4, 0.5) is 11.4 Å². The van der Waals surface area contributed by atoms with Gasteiger partial charge in [-0.05, 0) is 24.3 Å².